The molecule has 3 nitrogen and oxygen atoms in total. The molecule has 0 aromatic heterocycles. The third-order valence-corrected chi connectivity index (χ3v) is 3.62. The summed E-state index contributed by atoms with van der Waals surface area (Å²) in [6.07, 6.45) is 1.60. The van der Waals surface area contributed by atoms with Gasteiger partial charge in [-0.25, -0.2) is 0 Å². The molecule has 2 atom stereocenters. The lowest BCUT2D eigenvalue weighted by Gasteiger charge is -2.11. The molecule has 3 heteroatoms. The van der Waals surface area contributed by atoms with Gasteiger partial charge in [-0.2, -0.15) is 0 Å². The number of hydrogen-bond donors (Lipinski definition) is 1. The highest BCUT2D eigenvalue weighted by molar-refractivity contribution is 5.73. The van der Waals surface area contributed by atoms with Crippen molar-refractivity contribution in [3.05, 3.63) is 28.8 Å². The van der Waals surface area contributed by atoms with Crippen LogP contribution < -0.4 is 4.74 Å². The molecule has 1 aliphatic rings. The zero-order chi connectivity index (χ0) is 12.6. The summed E-state index contributed by atoms with van der Waals surface area (Å²) in [4.78, 5) is 10.8. The number of hydrogen-bond acceptors (Lipinski definition) is 2. The van der Waals surface area contributed by atoms with Gasteiger partial charge < -0.3 is 9.84 Å². The molecule has 1 aromatic carbocycles. The second-order valence-corrected chi connectivity index (χ2v) is 4.89. The predicted molar refractivity (Wildman–Crippen MR) is 65.4 cm³/mol. The van der Waals surface area contributed by atoms with Gasteiger partial charge in [0, 0.05) is 0 Å². The monoisotopic (exact) mass is 234 g/mol. The largest absolute Gasteiger partial charge is 0.496 e. The van der Waals surface area contributed by atoms with Crippen LogP contribution in [0, 0.1) is 25.7 Å². The molecule has 1 saturated carbocycles. The first-order chi connectivity index (χ1) is 8.02. The quantitative estimate of drug-likeness (QED) is 0.871. The number of aliphatic carboxylic acids is 1. The number of aryl methyl sites for hydroxylation is 2. The minimum Gasteiger partial charge on any atom is -0.496 e. The van der Waals surface area contributed by atoms with E-state index in [2.05, 4.69) is 19.9 Å². The standard InChI is InChI=1S/C14H18O3/c1-8-4-11(13(17-3)5-9(8)2)6-10-7-12(10)14(15)16/h4-5,10,12H,6-7H2,1-3H3,(H,15,16). The lowest BCUT2D eigenvalue weighted by Crippen LogP contribution is -2.02. The molecule has 1 fully saturated rings. The molecule has 1 N–H and O–H groups in total. The molecule has 0 bridgehead atoms. The fourth-order valence-electron chi connectivity index (χ4n) is 2.26. The molecule has 2 unspecified atom stereocenters. The van der Waals surface area contributed by atoms with Gasteiger partial charge in [0.2, 0.25) is 0 Å². The van der Waals surface area contributed by atoms with Crippen LogP contribution in [0.4, 0.5) is 0 Å². The second-order valence-electron chi connectivity index (χ2n) is 4.89. The lowest BCUT2D eigenvalue weighted by atomic mass is 10.0. The molecule has 0 radical (unpaired) electrons. The minimum absolute atomic E-state index is 0.152. The highest BCUT2D eigenvalue weighted by atomic mass is 16.5. The minimum atomic E-state index is -0.669. The van der Waals surface area contributed by atoms with E-state index < -0.39 is 5.97 Å². The van der Waals surface area contributed by atoms with Crippen molar-refractivity contribution in [3.63, 3.8) is 0 Å². The number of benzene rings is 1. The summed E-state index contributed by atoms with van der Waals surface area (Å²) in [5.41, 5.74) is 3.56. The van der Waals surface area contributed by atoms with Crippen molar-refractivity contribution in [1.82, 2.24) is 0 Å². The third kappa shape index (κ3) is 2.43. The van der Waals surface area contributed by atoms with Gasteiger partial charge in [0.15, 0.2) is 0 Å². The van der Waals surface area contributed by atoms with Crippen LogP contribution in [-0.2, 0) is 11.2 Å². The average Bonchev–Trinajstić information content (AvgIpc) is 3.02. The summed E-state index contributed by atoms with van der Waals surface area (Å²) >= 11 is 0. The van der Waals surface area contributed by atoms with Crippen LogP contribution >= 0.6 is 0 Å². The van der Waals surface area contributed by atoms with E-state index in [-0.39, 0.29) is 11.8 Å². The van der Waals surface area contributed by atoms with E-state index in [1.165, 1.54) is 11.1 Å². The molecule has 2 rings (SSSR count). The van der Waals surface area contributed by atoms with Gasteiger partial charge in [-0.05, 0) is 55.4 Å². The molecule has 92 valence electrons. The Balaban J connectivity index is 2.16. The first-order valence-electron chi connectivity index (χ1n) is 5.90. The molecule has 17 heavy (non-hydrogen) atoms. The molecule has 0 aliphatic heterocycles. The second kappa shape index (κ2) is 4.40. The molecule has 0 saturated heterocycles. The summed E-state index contributed by atoms with van der Waals surface area (Å²) < 4.78 is 5.36. The number of ether oxygens (including phenoxy) is 1. The lowest BCUT2D eigenvalue weighted by molar-refractivity contribution is -0.138. The van der Waals surface area contributed by atoms with Crippen LogP contribution in [0.1, 0.15) is 23.1 Å². The molecule has 1 aliphatic carbocycles. The van der Waals surface area contributed by atoms with Gasteiger partial charge in [-0.3, -0.25) is 4.79 Å². The molecular weight excluding hydrogens is 216 g/mol. The smallest absolute Gasteiger partial charge is 0.306 e. The van der Waals surface area contributed by atoms with E-state index in [4.69, 9.17) is 9.84 Å². The van der Waals surface area contributed by atoms with Crippen molar-refractivity contribution in [3.8, 4) is 5.75 Å². The summed E-state index contributed by atoms with van der Waals surface area (Å²) in [6, 6.07) is 4.15. The number of methoxy groups -OCH3 is 1. The maximum Gasteiger partial charge on any atom is 0.306 e. The van der Waals surface area contributed by atoms with Crippen molar-refractivity contribution in [2.45, 2.75) is 26.7 Å². The Morgan fingerprint density at radius 1 is 1.41 bits per heavy atom. The van der Waals surface area contributed by atoms with Gasteiger partial charge in [-0.15, -0.1) is 0 Å². The zero-order valence-electron chi connectivity index (χ0n) is 10.5. The number of carboxylic acid groups (broad SMARTS) is 1. The Morgan fingerprint density at radius 3 is 2.59 bits per heavy atom. The van der Waals surface area contributed by atoms with Gasteiger partial charge in [-0.1, -0.05) is 6.07 Å². The SMILES string of the molecule is COc1cc(C)c(C)cc1CC1CC1C(=O)O. The van der Waals surface area contributed by atoms with E-state index >= 15 is 0 Å². The van der Waals surface area contributed by atoms with Crippen LogP contribution in [0.15, 0.2) is 12.1 Å². The summed E-state index contributed by atoms with van der Waals surface area (Å²) in [7, 11) is 1.66. The van der Waals surface area contributed by atoms with Gasteiger partial charge >= 0.3 is 5.97 Å². The summed E-state index contributed by atoms with van der Waals surface area (Å²) in [5, 5.41) is 8.90. The molecule has 0 amide bonds. The Kier molecular flexibility index (Phi) is 3.09. The first kappa shape index (κ1) is 12.0. The van der Waals surface area contributed by atoms with Gasteiger partial charge in [0.25, 0.3) is 0 Å². The number of rotatable bonds is 4. The van der Waals surface area contributed by atoms with Crippen molar-refractivity contribution in [1.29, 1.82) is 0 Å². The van der Waals surface area contributed by atoms with Gasteiger partial charge in [0.05, 0.1) is 13.0 Å². The van der Waals surface area contributed by atoms with Crippen molar-refractivity contribution >= 4 is 5.97 Å². The normalized spacial score (nSPS) is 22.3. The van der Waals surface area contributed by atoms with Gasteiger partial charge in [0.1, 0.15) is 5.75 Å². The Hall–Kier alpha value is -1.51. The maximum atomic E-state index is 10.8. The van der Waals surface area contributed by atoms with Crippen LogP contribution in [0.3, 0.4) is 0 Å². The average molecular weight is 234 g/mol. The molecule has 0 heterocycles. The maximum absolute atomic E-state index is 10.8. The molecule has 1 aromatic rings. The van der Waals surface area contributed by atoms with Crippen LogP contribution in [0.5, 0.6) is 5.75 Å². The van der Waals surface area contributed by atoms with E-state index in [0.29, 0.717) is 0 Å². The molecular formula is C14H18O3. The number of carbonyl (C=O) groups is 1. The van der Waals surface area contributed by atoms with Crippen molar-refractivity contribution < 1.29 is 14.6 Å². The highest BCUT2D eigenvalue weighted by Crippen LogP contribution is 2.42. The number of carboxylic acids is 1. The Morgan fingerprint density at radius 2 is 2.06 bits per heavy atom. The fourth-order valence-corrected chi connectivity index (χ4v) is 2.26. The van der Waals surface area contributed by atoms with E-state index in [9.17, 15) is 4.79 Å². The summed E-state index contributed by atoms with van der Waals surface area (Å²) in [5.74, 6) is 0.340. The van der Waals surface area contributed by atoms with E-state index in [0.717, 1.165) is 24.2 Å². The highest BCUT2D eigenvalue weighted by Gasteiger charge is 2.43. The zero-order valence-corrected chi connectivity index (χ0v) is 10.5. The van der Waals surface area contributed by atoms with E-state index in [1.807, 2.05) is 6.07 Å². The van der Waals surface area contributed by atoms with Crippen molar-refractivity contribution in [2.75, 3.05) is 7.11 Å². The molecule has 0 spiro atoms. The van der Waals surface area contributed by atoms with Crippen molar-refractivity contribution in [2.24, 2.45) is 11.8 Å². The topological polar surface area (TPSA) is 46.5 Å². The summed E-state index contributed by atoms with van der Waals surface area (Å²) in [6.45, 7) is 4.12. The Bertz CT molecular complexity index is 451. The third-order valence-electron chi connectivity index (χ3n) is 3.62. The van der Waals surface area contributed by atoms with E-state index in [1.54, 1.807) is 7.11 Å². The Labute approximate surface area is 101 Å². The van der Waals surface area contributed by atoms with Crippen LogP contribution in [-0.4, -0.2) is 18.2 Å². The van der Waals surface area contributed by atoms with Crippen LogP contribution in [0.2, 0.25) is 0 Å². The van der Waals surface area contributed by atoms with Crippen LogP contribution in [0.25, 0.3) is 0 Å². The first-order valence-corrected chi connectivity index (χ1v) is 5.90. The predicted octanol–water partition coefficient (Wildman–Crippen LogP) is 2.58. The fraction of sp³-hybridized carbons (Fsp3) is 0.500.